The molecule has 1 fully saturated rings. The topological polar surface area (TPSA) is 57.9 Å². The average Bonchev–Trinajstić information content (AvgIpc) is 2.59. The normalized spacial score (nSPS) is 20.8. The second-order valence-electron chi connectivity index (χ2n) is 3.92. The van der Waals surface area contributed by atoms with Gasteiger partial charge in [0.25, 0.3) is 0 Å². The van der Waals surface area contributed by atoms with Crippen molar-refractivity contribution in [3.63, 3.8) is 0 Å². The van der Waals surface area contributed by atoms with E-state index >= 15 is 0 Å². The van der Waals surface area contributed by atoms with E-state index in [1.807, 2.05) is 6.07 Å². The molecule has 0 saturated carbocycles. The van der Waals surface area contributed by atoms with E-state index in [9.17, 15) is 0 Å². The van der Waals surface area contributed by atoms with Crippen LogP contribution in [-0.2, 0) is 0 Å². The van der Waals surface area contributed by atoms with Crippen molar-refractivity contribution >= 4 is 0 Å². The Hall–Kier alpha value is -1.60. The van der Waals surface area contributed by atoms with Crippen molar-refractivity contribution in [2.75, 3.05) is 13.1 Å². The van der Waals surface area contributed by atoms with Crippen LogP contribution < -0.4 is 10.1 Å². The third-order valence-electron chi connectivity index (χ3n) is 2.68. The lowest BCUT2D eigenvalue weighted by molar-refractivity contribution is 0.180. The Morgan fingerprint density at radius 2 is 2.31 bits per heavy atom. The molecule has 1 aromatic rings. The van der Waals surface area contributed by atoms with E-state index in [1.54, 1.807) is 18.3 Å². The van der Waals surface area contributed by atoms with Gasteiger partial charge in [0, 0.05) is 12.3 Å². The number of hydrogen-bond donors (Lipinski definition) is 1. The molecule has 0 bridgehead atoms. The highest BCUT2D eigenvalue weighted by molar-refractivity contribution is 5.28. The van der Waals surface area contributed by atoms with Crippen molar-refractivity contribution in [1.29, 1.82) is 5.26 Å². The first-order valence-corrected chi connectivity index (χ1v) is 5.62. The first-order chi connectivity index (χ1) is 7.88. The third kappa shape index (κ3) is 2.94. The third-order valence-corrected chi connectivity index (χ3v) is 2.68. The zero-order valence-electron chi connectivity index (χ0n) is 9.15. The molecule has 0 aromatic carbocycles. The van der Waals surface area contributed by atoms with E-state index in [1.165, 1.54) is 0 Å². The molecule has 1 saturated heterocycles. The van der Waals surface area contributed by atoms with E-state index in [0.717, 1.165) is 32.4 Å². The van der Waals surface area contributed by atoms with Crippen LogP contribution in [0.25, 0.3) is 0 Å². The van der Waals surface area contributed by atoms with Gasteiger partial charge in [-0.3, -0.25) is 0 Å². The molecule has 1 N–H and O–H groups in total. The summed E-state index contributed by atoms with van der Waals surface area (Å²) >= 11 is 0. The van der Waals surface area contributed by atoms with E-state index in [2.05, 4.69) is 10.3 Å². The zero-order valence-corrected chi connectivity index (χ0v) is 9.15. The predicted octanol–water partition coefficient (Wildman–Crippen LogP) is 1.47. The number of hydrogen-bond acceptors (Lipinski definition) is 4. The van der Waals surface area contributed by atoms with Crippen LogP contribution in [-0.4, -0.2) is 24.2 Å². The van der Waals surface area contributed by atoms with Gasteiger partial charge < -0.3 is 10.1 Å². The summed E-state index contributed by atoms with van der Waals surface area (Å²) in [6, 6.07) is 5.53. The van der Waals surface area contributed by atoms with Crippen molar-refractivity contribution in [3.8, 4) is 11.9 Å². The van der Waals surface area contributed by atoms with E-state index in [4.69, 9.17) is 10.00 Å². The molecule has 4 heteroatoms. The number of rotatable bonds is 2. The Morgan fingerprint density at radius 1 is 1.38 bits per heavy atom. The highest BCUT2D eigenvalue weighted by Gasteiger charge is 2.13. The van der Waals surface area contributed by atoms with E-state index < -0.39 is 0 Å². The van der Waals surface area contributed by atoms with Crippen LogP contribution in [0.3, 0.4) is 0 Å². The summed E-state index contributed by atoms with van der Waals surface area (Å²) in [7, 11) is 0. The Balaban J connectivity index is 1.94. The van der Waals surface area contributed by atoms with Crippen LogP contribution in [0.4, 0.5) is 0 Å². The first kappa shape index (κ1) is 10.9. The maximum absolute atomic E-state index is 8.65. The fourth-order valence-electron chi connectivity index (χ4n) is 1.79. The number of ether oxygens (including phenoxy) is 1. The van der Waals surface area contributed by atoms with Gasteiger partial charge in [-0.25, -0.2) is 4.98 Å². The molecule has 1 aromatic heterocycles. The zero-order chi connectivity index (χ0) is 11.2. The second kappa shape index (κ2) is 5.47. The lowest BCUT2D eigenvalue weighted by Gasteiger charge is -2.15. The minimum atomic E-state index is 0.246. The quantitative estimate of drug-likeness (QED) is 0.815. The Morgan fingerprint density at radius 3 is 3.06 bits per heavy atom. The lowest BCUT2D eigenvalue weighted by Crippen LogP contribution is -2.19. The van der Waals surface area contributed by atoms with Gasteiger partial charge in [-0.05, 0) is 38.4 Å². The maximum Gasteiger partial charge on any atom is 0.213 e. The maximum atomic E-state index is 8.65. The van der Waals surface area contributed by atoms with Gasteiger partial charge in [0.1, 0.15) is 12.2 Å². The Kier molecular flexibility index (Phi) is 3.73. The van der Waals surface area contributed by atoms with Crippen LogP contribution in [0.1, 0.15) is 24.8 Å². The second-order valence-corrected chi connectivity index (χ2v) is 3.92. The summed E-state index contributed by atoms with van der Waals surface area (Å²) in [5, 5.41) is 12.0. The monoisotopic (exact) mass is 217 g/mol. The van der Waals surface area contributed by atoms with Crippen molar-refractivity contribution in [2.24, 2.45) is 0 Å². The average molecular weight is 217 g/mol. The van der Waals surface area contributed by atoms with Gasteiger partial charge in [-0.15, -0.1) is 0 Å². The molecule has 1 unspecified atom stereocenters. The van der Waals surface area contributed by atoms with Crippen LogP contribution in [0.15, 0.2) is 18.3 Å². The predicted molar refractivity (Wildman–Crippen MR) is 60.1 cm³/mol. The van der Waals surface area contributed by atoms with Crippen molar-refractivity contribution < 1.29 is 4.74 Å². The summed E-state index contributed by atoms with van der Waals surface area (Å²) in [4.78, 5) is 4.11. The number of nitriles is 1. The summed E-state index contributed by atoms with van der Waals surface area (Å²) in [5.74, 6) is 0.617. The number of aromatic nitrogens is 1. The van der Waals surface area contributed by atoms with Crippen molar-refractivity contribution in [2.45, 2.75) is 25.4 Å². The van der Waals surface area contributed by atoms with Gasteiger partial charge in [0.15, 0.2) is 0 Å². The molecule has 1 aliphatic heterocycles. The fraction of sp³-hybridized carbons (Fsp3) is 0.500. The molecule has 4 nitrogen and oxygen atoms in total. The van der Waals surface area contributed by atoms with Crippen molar-refractivity contribution in [1.82, 2.24) is 10.3 Å². The number of pyridine rings is 1. The number of nitrogens with one attached hydrogen (secondary N) is 1. The van der Waals surface area contributed by atoms with Gasteiger partial charge in [0.05, 0.1) is 5.56 Å². The van der Waals surface area contributed by atoms with Crippen LogP contribution in [0.5, 0.6) is 5.88 Å². The smallest absolute Gasteiger partial charge is 0.213 e. The van der Waals surface area contributed by atoms with Crippen molar-refractivity contribution in [3.05, 3.63) is 23.9 Å². The molecule has 0 amide bonds. The number of nitrogens with zero attached hydrogens (tertiary/aromatic N) is 2. The molecule has 0 aliphatic carbocycles. The summed E-state index contributed by atoms with van der Waals surface area (Å²) in [5.41, 5.74) is 0.565. The molecule has 2 rings (SSSR count). The minimum Gasteiger partial charge on any atom is -0.474 e. The van der Waals surface area contributed by atoms with Gasteiger partial charge >= 0.3 is 0 Å². The van der Waals surface area contributed by atoms with Crippen LogP contribution in [0.2, 0.25) is 0 Å². The SMILES string of the molecule is N#Cc1ccc(OC2CCCNCC2)nc1. The highest BCUT2D eigenvalue weighted by Crippen LogP contribution is 2.14. The standard InChI is InChI=1S/C12H15N3O/c13-8-10-3-4-12(15-9-10)16-11-2-1-6-14-7-5-11/h3-4,9,11,14H,1-2,5-7H2. The molecule has 0 spiro atoms. The molecule has 1 atom stereocenters. The molecular weight excluding hydrogens is 202 g/mol. The summed E-state index contributed by atoms with van der Waals surface area (Å²) in [6.45, 7) is 2.07. The summed E-state index contributed by atoms with van der Waals surface area (Å²) < 4.78 is 5.77. The van der Waals surface area contributed by atoms with Crippen LogP contribution in [0, 0.1) is 11.3 Å². The largest absolute Gasteiger partial charge is 0.474 e. The minimum absolute atomic E-state index is 0.246. The van der Waals surface area contributed by atoms with E-state index in [0.29, 0.717) is 11.4 Å². The Bertz CT molecular complexity index is 361. The molecular formula is C12H15N3O. The molecule has 2 heterocycles. The van der Waals surface area contributed by atoms with E-state index in [-0.39, 0.29) is 6.10 Å². The molecule has 84 valence electrons. The van der Waals surface area contributed by atoms with Gasteiger partial charge in [-0.1, -0.05) is 0 Å². The Labute approximate surface area is 95.3 Å². The lowest BCUT2D eigenvalue weighted by atomic mass is 10.1. The van der Waals surface area contributed by atoms with Crippen LogP contribution >= 0.6 is 0 Å². The highest BCUT2D eigenvalue weighted by atomic mass is 16.5. The molecule has 16 heavy (non-hydrogen) atoms. The molecule has 0 radical (unpaired) electrons. The fourth-order valence-corrected chi connectivity index (χ4v) is 1.79. The van der Waals surface area contributed by atoms with Gasteiger partial charge in [0.2, 0.25) is 5.88 Å². The first-order valence-electron chi connectivity index (χ1n) is 5.62. The van der Waals surface area contributed by atoms with Gasteiger partial charge in [-0.2, -0.15) is 5.26 Å². The summed E-state index contributed by atoms with van der Waals surface area (Å²) in [6.07, 6.45) is 5.01. The molecule has 1 aliphatic rings.